The van der Waals surface area contributed by atoms with E-state index in [1.54, 1.807) is 0 Å². The lowest BCUT2D eigenvalue weighted by Gasteiger charge is -2.08. The van der Waals surface area contributed by atoms with Crippen molar-refractivity contribution in [1.29, 1.82) is 0 Å². The topological polar surface area (TPSA) is 81.8 Å². The maximum atomic E-state index is 10.4. The van der Waals surface area contributed by atoms with Crippen LogP contribution in [0.4, 0.5) is 0 Å². The minimum absolute atomic E-state index is 0.0357. The first-order valence-electron chi connectivity index (χ1n) is 5.88. The highest BCUT2D eigenvalue weighted by Gasteiger charge is 2.10. The standard InChI is InChI=1S/C13H19NO4/c14-12(13(15)16)10-18-8-4-7-17-9-11-5-2-1-3-6-11/h1-3,5-6,12H,4,7-10,14H2,(H,15,16)/t12-/m0/s1. The normalized spacial score (nSPS) is 12.3. The molecule has 0 heterocycles. The van der Waals surface area contributed by atoms with E-state index in [9.17, 15) is 4.79 Å². The van der Waals surface area contributed by atoms with Gasteiger partial charge in [-0.25, -0.2) is 0 Å². The van der Waals surface area contributed by atoms with Gasteiger partial charge in [0.1, 0.15) is 6.04 Å². The number of hydrogen-bond donors (Lipinski definition) is 2. The summed E-state index contributed by atoms with van der Waals surface area (Å²) in [4.78, 5) is 10.4. The van der Waals surface area contributed by atoms with Crippen molar-refractivity contribution >= 4 is 5.97 Å². The highest BCUT2D eigenvalue weighted by Crippen LogP contribution is 2.00. The van der Waals surface area contributed by atoms with Crippen LogP contribution in [0.5, 0.6) is 0 Å². The summed E-state index contributed by atoms with van der Waals surface area (Å²) in [6.07, 6.45) is 0.721. The molecule has 3 N–H and O–H groups in total. The largest absolute Gasteiger partial charge is 0.480 e. The molecule has 18 heavy (non-hydrogen) atoms. The summed E-state index contributed by atoms with van der Waals surface area (Å²) in [5.41, 5.74) is 6.41. The molecule has 0 bridgehead atoms. The fourth-order valence-corrected chi connectivity index (χ4v) is 1.31. The summed E-state index contributed by atoms with van der Waals surface area (Å²) >= 11 is 0. The molecule has 1 aromatic carbocycles. The molecule has 0 radical (unpaired) electrons. The first kappa shape index (κ1) is 14.6. The number of carboxylic acid groups (broad SMARTS) is 1. The molecule has 0 unspecified atom stereocenters. The SMILES string of the molecule is N[C@@H](COCCCOCc1ccccc1)C(=O)O. The van der Waals surface area contributed by atoms with E-state index in [0.717, 1.165) is 12.0 Å². The van der Waals surface area contributed by atoms with Gasteiger partial charge in [0.2, 0.25) is 0 Å². The first-order chi connectivity index (χ1) is 8.70. The molecular formula is C13H19NO4. The summed E-state index contributed by atoms with van der Waals surface area (Å²) in [5.74, 6) is -1.05. The van der Waals surface area contributed by atoms with Crippen LogP contribution in [0.2, 0.25) is 0 Å². The van der Waals surface area contributed by atoms with Gasteiger partial charge in [-0.3, -0.25) is 4.79 Å². The van der Waals surface area contributed by atoms with Crippen molar-refractivity contribution in [1.82, 2.24) is 0 Å². The number of aliphatic carboxylic acids is 1. The Morgan fingerprint density at radius 3 is 2.56 bits per heavy atom. The zero-order valence-corrected chi connectivity index (χ0v) is 10.2. The van der Waals surface area contributed by atoms with E-state index < -0.39 is 12.0 Å². The average Bonchev–Trinajstić information content (AvgIpc) is 2.38. The summed E-state index contributed by atoms with van der Waals surface area (Å²) < 4.78 is 10.6. The lowest BCUT2D eigenvalue weighted by atomic mass is 10.2. The summed E-state index contributed by atoms with van der Waals surface area (Å²) in [6.45, 7) is 1.65. The van der Waals surface area contributed by atoms with Crippen molar-refractivity contribution < 1.29 is 19.4 Å². The van der Waals surface area contributed by atoms with Crippen molar-refractivity contribution in [3.8, 4) is 0 Å². The molecule has 1 atom stereocenters. The molecule has 5 heteroatoms. The third kappa shape index (κ3) is 6.34. The van der Waals surface area contributed by atoms with Crippen LogP contribution in [0, 0.1) is 0 Å². The zero-order valence-electron chi connectivity index (χ0n) is 10.2. The number of hydrogen-bond acceptors (Lipinski definition) is 4. The Morgan fingerprint density at radius 1 is 1.22 bits per heavy atom. The van der Waals surface area contributed by atoms with Gasteiger partial charge in [0.25, 0.3) is 0 Å². The monoisotopic (exact) mass is 253 g/mol. The second kappa shape index (κ2) is 8.63. The van der Waals surface area contributed by atoms with Crippen LogP contribution >= 0.6 is 0 Å². The summed E-state index contributed by atoms with van der Waals surface area (Å²) in [6, 6.07) is 8.95. The van der Waals surface area contributed by atoms with Crippen LogP contribution < -0.4 is 5.73 Å². The third-order valence-corrected chi connectivity index (χ3v) is 2.30. The molecule has 0 aromatic heterocycles. The smallest absolute Gasteiger partial charge is 0.322 e. The first-order valence-corrected chi connectivity index (χ1v) is 5.88. The molecule has 0 amide bonds. The summed E-state index contributed by atoms with van der Waals surface area (Å²) in [7, 11) is 0. The van der Waals surface area contributed by atoms with Gasteiger partial charge in [-0.15, -0.1) is 0 Å². The Hall–Kier alpha value is -1.43. The van der Waals surface area contributed by atoms with Crippen LogP contribution in [0.15, 0.2) is 30.3 Å². The fraction of sp³-hybridized carbons (Fsp3) is 0.462. The van der Waals surface area contributed by atoms with Crippen LogP contribution in [0.1, 0.15) is 12.0 Å². The predicted molar refractivity (Wildman–Crippen MR) is 67.1 cm³/mol. The highest BCUT2D eigenvalue weighted by atomic mass is 16.5. The van der Waals surface area contributed by atoms with Crippen LogP contribution in [0.25, 0.3) is 0 Å². The summed E-state index contributed by atoms with van der Waals surface area (Å²) in [5, 5.41) is 8.52. The van der Waals surface area contributed by atoms with Crippen molar-refractivity contribution in [2.75, 3.05) is 19.8 Å². The molecule has 1 rings (SSSR count). The van der Waals surface area contributed by atoms with Gasteiger partial charge < -0.3 is 20.3 Å². The van der Waals surface area contributed by atoms with E-state index in [1.165, 1.54) is 0 Å². The second-order valence-corrected chi connectivity index (χ2v) is 3.91. The van der Waals surface area contributed by atoms with Crippen molar-refractivity contribution in [2.45, 2.75) is 19.1 Å². The van der Waals surface area contributed by atoms with Crippen molar-refractivity contribution in [3.05, 3.63) is 35.9 Å². The van der Waals surface area contributed by atoms with Crippen molar-refractivity contribution in [3.63, 3.8) is 0 Å². The Kier molecular flexibility index (Phi) is 7.01. The maximum absolute atomic E-state index is 10.4. The Labute approximate surface area is 107 Å². The van der Waals surface area contributed by atoms with Gasteiger partial charge in [-0.05, 0) is 12.0 Å². The minimum atomic E-state index is -1.05. The number of rotatable bonds is 9. The lowest BCUT2D eigenvalue weighted by molar-refractivity contribution is -0.140. The van der Waals surface area contributed by atoms with E-state index in [2.05, 4.69) is 0 Å². The molecule has 100 valence electrons. The van der Waals surface area contributed by atoms with Crippen molar-refractivity contribution in [2.24, 2.45) is 5.73 Å². The lowest BCUT2D eigenvalue weighted by Crippen LogP contribution is -2.35. The van der Waals surface area contributed by atoms with Crippen LogP contribution in [0.3, 0.4) is 0 Å². The number of ether oxygens (including phenoxy) is 2. The molecule has 0 saturated carbocycles. The van der Waals surface area contributed by atoms with Crippen LogP contribution in [-0.2, 0) is 20.9 Å². The Morgan fingerprint density at radius 2 is 1.89 bits per heavy atom. The average molecular weight is 253 g/mol. The second-order valence-electron chi connectivity index (χ2n) is 3.91. The van der Waals surface area contributed by atoms with E-state index in [1.807, 2.05) is 30.3 Å². The minimum Gasteiger partial charge on any atom is -0.480 e. The van der Waals surface area contributed by atoms with E-state index in [0.29, 0.717) is 19.8 Å². The molecule has 0 saturated heterocycles. The Balaban J connectivity index is 1.95. The van der Waals surface area contributed by atoms with Gasteiger partial charge >= 0.3 is 5.97 Å². The molecule has 0 spiro atoms. The Bertz CT molecular complexity index is 342. The molecular weight excluding hydrogens is 234 g/mol. The van der Waals surface area contributed by atoms with Gasteiger partial charge in [-0.1, -0.05) is 30.3 Å². The van der Waals surface area contributed by atoms with Gasteiger partial charge in [0, 0.05) is 13.2 Å². The molecule has 0 aliphatic heterocycles. The zero-order chi connectivity index (χ0) is 13.2. The number of benzene rings is 1. The number of carboxylic acids is 1. The number of carbonyl (C=O) groups is 1. The number of nitrogens with two attached hydrogens (primary N) is 1. The molecule has 0 fully saturated rings. The maximum Gasteiger partial charge on any atom is 0.322 e. The fourth-order valence-electron chi connectivity index (χ4n) is 1.31. The van der Waals surface area contributed by atoms with E-state index in [4.69, 9.17) is 20.3 Å². The van der Waals surface area contributed by atoms with Crippen LogP contribution in [-0.4, -0.2) is 36.9 Å². The molecule has 5 nitrogen and oxygen atoms in total. The third-order valence-electron chi connectivity index (χ3n) is 2.30. The molecule has 0 aliphatic carbocycles. The highest BCUT2D eigenvalue weighted by molar-refractivity contribution is 5.73. The van der Waals surface area contributed by atoms with Gasteiger partial charge in [-0.2, -0.15) is 0 Å². The quantitative estimate of drug-likeness (QED) is 0.642. The molecule has 0 aliphatic rings. The van der Waals surface area contributed by atoms with E-state index in [-0.39, 0.29) is 6.61 Å². The van der Waals surface area contributed by atoms with E-state index >= 15 is 0 Å². The predicted octanol–water partition coefficient (Wildman–Crippen LogP) is 1.02. The van der Waals surface area contributed by atoms with Gasteiger partial charge in [0.15, 0.2) is 0 Å². The van der Waals surface area contributed by atoms with Gasteiger partial charge in [0.05, 0.1) is 13.2 Å². The molecule has 1 aromatic rings.